The van der Waals surface area contributed by atoms with Crippen LogP contribution in [-0.4, -0.2) is 17.5 Å². The number of amides is 2. The minimum atomic E-state index is -0.390. The third kappa shape index (κ3) is 3.50. The second kappa shape index (κ2) is 5.24. The summed E-state index contributed by atoms with van der Waals surface area (Å²) in [5.41, 5.74) is 12.6. The van der Waals surface area contributed by atoms with Gasteiger partial charge in [-0.15, -0.1) is 0 Å². The van der Waals surface area contributed by atoms with E-state index in [1.807, 2.05) is 31.2 Å². The Hall–Kier alpha value is -1.71. The highest BCUT2D eigenvalue weighted by Crippen LogP contribution is 2.09. The van der Waals surface area contributed by atoms with Gasteiger partial charge >= 0.3 is 6.03 Å². The molecule has 0 bridgehead atoms. The number of nitrogens with zero attached hydrogens (tertiary/aromatic N) is 1. The monoisotopic (exact) mass is 207 g/mol. The molecular weight excluding hydrogens is 190 g/mol. The normalized spacial score (nSPS) is 9.93. The van der Waals surface area contributed by atoms with Crippen molar-refractivity contribution >= 4 is 11.7 Å². The van der Waals surface area contributed by atoms with E-state index in [2.05, 4.69) is 0 Å². The van der Waals surface area contributed by atoms with Gasteiger partial charge in [0.1, 0.15) is 0 Å². The van der Waals surface area contributed by atoms with E-state index in [1.165, 1.54) is 0 Å². The molecule has 0 aliphatic rings. The largest absolute Gasteiger partial charge is 0.399 e. The van der Waals surface area contributed by atoms with Gasteiger partial charge in [0.05, 0.1) is 0 Å². The topological polar surface area (TPSA) is 72.3 Å². The maximum atomic E-state index is 11.1. The van der Waals surface area contributed by atoms with E-state index in [0.717, 1.165) is 12.0 Å². The number of anilines is 1. The molecule has 0 heterocycles. The summed E-state index contributed by atoms with van der Waals surface area (Å²) in [5.74, 6) is 0. The molecule has 0 radical (unpaired) electrons. The van der Waals surface area contributed by atoms with Crippen LogP contribution >= 0.6 is 0 Å². The molecule has 4 heteroatoms. The molecule has 0 spiro atoms. The summed E-state index contributed by atoms with van der Waals surface area (Å²) in [6.07, 6.45) is 0.894. The smallest absolute Gasteiger partial charge is 0.315 e. The molecule has 0 fully saturated rings. The van der Waals surface area contributed by atoms with Crippen molar-refractivity contribution in [1.82, 2.24) is 4.90 Å². The third-order valence-corrected chi connectivity index (χ3v) is 2.13. The fraction of sp³-hybridized carbons (Fsp3) is 0.364. The molecule has 4 nitrogen and oxygen atoms in total. The van der Waals surface area contributed by atoms with Crippen LogP contribution in [-0.2, 0) is 6.54 Å². The molecule has 0 unspecified atom stereocenters. The molecule has 1 aromatic carbocycles. The van der Waals surface area contributed by atoms with Crippen molar-refractivity contribution < 1.29 is 4.79 Å². The van der Waals surface area contributed by atoms with E-state index >= 15 is 0 Å². The van der Waals surface area contributed by atoms with Crippen molar-refractivity contribution in [2.24, 2.45) is 5.73 Å². The van der Waals surface area contributed by atoms with Gasteiger partial charge in [0.25, 0.3) is 0 Å². The Morgan fingerprint density at radius 3 is 2.73 bits per heavy atom. The Bertz CT molecular complexity index is 338. The summed E-state index contributed by atoms with van der Waals surface area (Å²) in [6, 6.07) is 7.08. The lowest BCUT2D eigenvalue weighted by Crippen LogP contribution is -2.35. The third-order valence-electron chi connectivity index (χ3n) is 2.13. The van der Waals surface area contributed by atoms with Crippen LogP contribution in [0.25, 0.3) is 0 Å². The number of primary amides is 1. The molecule has 15 heavy (non-hydrogen) atoms. The van der Waals surface area contributed by atoms with Crippen molar-refractivity contribution in [3.8, 4) is 0 Å². The Kier molecular flexibility index (Phi) is 3.97. The summed E-state index contributed by atoms with van der Waals surface area (Å²) in [5, 5.41) is 0. The van der Waals surface area contributed by atoms with Crippen molar-refractivity contribution in [2.45, 2.75) is 19.9 Å². The predicted molar refractivity (Wildman–Crippen MR) is 61.1 cm³/mol. The van der Waals surface area contributed by atoms with E-state index in [4.69, 9.17) is 11.5 Å². The molecule has 1 aromatic rings. The first-order valence-electron chi connectivity index (χ1n) is 5.02. The average Bonchev–Trinajstić information content (AvgIpc) is 2.17. The maximum absolute atomic E-state index is 11.1. The minimum absolute atomic E-state index is 0.390. The lowest BCUT2D eigenvalue weighted by Gasteiger charge is -2.19. The van der Waals surface area contributed by atoms with Crippen LogP contribution in [0.4, 0.5) is 10.5 Å². The lowest BCUT2D eigenvalue weighted by atomic mass is 10.2. The van der Waals surface area contributed by atoms with Gasteiger partial charge in [0.2, 0.25) is 0 Å². The fourth-order valence-electron chi connectivity index (χ4n) is 1.45. The van der Waals surface area contributed by atoms with Gasteiger partial charge in [-0.2, -0.15) is 0 Å². The van der Waals surface area contributed by atoms with E-state index in [1.54, 1.807) is 4.90 Å². The van der Waals surface area contributed by atoms with Crippen LogP contribution < -0.4 is 11.5 Å². The Labute approximate surface area is 89.9 Å². The van der Waals surface area contributed by atoms with Crippen LogP contribution in [0, 0.1) is 0 Å². The molecule has 0 saturated carbocycles. The number of nitrogens with two attached hydrogens (primary N) is 2. The zero-order valence-electron chi connectivity index (χ0n) is 8.94. The molecule has 0 aliphatic heterocycles. The first-order valence-corrected chi connectivity index (χ1v) is 5.02. The van der Waals surface area contributed by atoms with Gasteiger partial charge in [-0.25, -0.2) is 4.79 Å². The first-order chi connectivity index (χ1) is 7.13. The highest BCUT2D eigenvalue weighted by atomic mass is 16.2. The summed E-state index contributed by atoms with van der Waals surface area (Å²) in [4.78, 5) is 12.7. The van der Waals surface area contributed by atoms with Gasteiger partial charge in [-0.3, -0.25) is 0 Å². The second-order valence-electron chi connectivity index (χ2n) is 3.50. The van der Waals surface area contributed by atoms with Crippen LogP contribution in [0.15, 0.2) is 24.3 Å². The zero-order valence-corrected chi connectivity index (χ0v) is 8.94. The maximum Gasteiger partial charge on any atom is 0.315 e. The van der Waals surface area contributed by atoms with Crippen LogP contribution in [0.2, 0.25) is 0 Å². The van der Waals surface area contributed by atoms with E-state index in [0.29, 0.717) is 18.8 Å². The van der Waals surface area contributed by atoms with E-state index in [9.17, 15) is 4.79 Å². The summed E-state index contributed by atoms with van der Waals surface area (Å²) in [6.45, 7) is 3.20. The van der Waals surface area contributed by atoms with Crippen molar-refractivity contribution in [1.29, 1.82) is 0 Å². The first kappa shape index (κ1) is 11.4. The number of carbonyl (C=O) groups is 1. The number of nitrogen functional groups attached to an aromatic ring is 1. The van der Waals surface area contributed by atoms with E-state index in [-0.39, 0.29) is 6.03 Å². The van der Waals surface area contributed by atoms with Crippen molar-refractivity contribution in [3.63, 3.8) is 0 Å². The SMILES string of the molecule is CCCN(Cc1cccc(N)c1)C(N)=O. The van der Waals surface area contributed by atoms with Crippen LogP contribution in [0.3, 0.4) is 0 Å². The lowest BCUT2D eigenvalue weighted by molar-refractivity contribution is 0.205. The Morgan fingerprint density at radius 2 is 2.20 bits per heavy atom. The molecule has 4 N–H and O–H groups in total. The highest BCUT2D eigenvalue weighted by molar-refractivity contribution is 5.72. The highest BCUT2D eigenvalue weighted by Gasteiger charge is 2.08. The molecule has 0 aliphatic carbocycles. The molecule has 0 aromatic heterocycles. The van der Waals surface area contributed by atoms with Gasteiger partial charge in [-0.05, 0) is 24.1 Å². The molecule has 82 valence electrons. The molecule has 0 atom stereocenters. The minimum Gasteiger partial charge on any atom is -0.399 e. The number of rotatable bonds is 4. The Morgan fingerprint density at radius 1 is 1.47 bits per heavy atom. The molecule has 1 rings (SSSR count). The predicted octanol–water partition coefficient (Wildman–Crippen LogP) is 1.56. The summed E-state index contributed by atoms with van der Waals surface area (Å²) in [7, 11) is 0. The number of benzene rings is 1. The molecule has 2 amide bonds. The molecule has 0 saturated heterocycles. The summed E-state index contributed by atoms with van der Waals surface area (Å²) >= 11 is 0. The number of urea groups is 1. The number of carbonyl (C=O) groups excluding carboxylic acids is 1. The van der Waals surface area contributed by atoms with Crippen molar-refractivity contribution in [2.75, 3.05) is 12.3 Å². The number of hydrogen-bond donors (Lipinski definition) is 2. The standard InChI is InChI=1S/C11H17N3O/c1-2-6-14(11(13)15)8-9-4-3-5-10(12)7-9/h3-5,7H,2,6,8,12H2,1H3,(H2,13,15). The van der Waals surface area contributed by atoms with Gasteiger partial charge < -0.3 is 16.4 Å². The van der Waals surface area contributed by atoms with E-state index < -0.39 is 0 Å². The Balaban J connectivity index is 2.69. The van der Waals surface area contributed by atoms with Gasteiger partial charge in [-0.1, -0.05) is 19.1 Å². The average molecular weight is 207 g/mol. The van der Waals surface area contributed by atoms with Gasteiger partial charge in [0, 0.05) is 18.8 Å². The van der Waals surface area contributed by atoms with Crippen LogP contribution in [0.5, 0.6) is 0 Å². The quantitative estimate of drug-likeness (QED) is 0.735. The molecular formula is C11H17N3O. The van der Waals surface area contributed by atoms with Crippen molar-refractivity contribution in [3.05, 3.63) is 29.8 Å². The zero-order chi connectivity index (χ0) is 11.3. The second-order valence-corrected chi connectivity index (χ2v) is 3.50. The van der Waals surface area contributed by atoms with Gasteiger partial charge in [0.15, 0.2) is 0 Å². The number of hydrogen-bond acceptors (Lipinski definition) is 2. The fourth-order valence-corrected chi connectivity index (χ4v) is 1.45. The summed E-state index contributed by atoms with van der Waals surface area (Å²) < 4.78 is 0. The van der Waals surface area contributed by atoms with Crippen LogP contribution in [0.1, 0.15) is 18.9 Å².